The van der Waals surface area contributed by atoms with Gasteiger partial charge in [0.15, 0.2) is 11.8 Å². The van der Waals surface area contributed by atoms with Gasteiger partial charge in [-0.25, -0.2) is 9.98 Å². The molecular weight excluding hydrogens is 252 g/mol. The summed E-state index contributed by atoms with van der Waals surface area (Å²) < 4.78 is 11.2. The number of rotatable bonds is 7. The first-order chi connectivity index (χ1) is 9.36. The zero-order valence-electron chi connectivity index (χ0n) is 13.4. The lowest BCUT2D eigenvalue weighted by Gasteiger charge is -2.07. The van der Waals surface area contributed by atoms with Gasteiger partial charge in [0, 0.05) is 12.8 Å². The van der Waals surface area contributed by atoms with Crippen LogP contribution in [0, 0.1) is 0 Å². The number of ether oxygens (including phenoxy) is 2. The lowest BCUT2D eigenvalue weighted by atomic mass is 10.1. The van der Waals surface area contributed by atoms with Gasteiger partial charge in [-0.15, -0.1) is 0 Å². The fraction of sp³-hybridized carbons (Fsp3) is 0.875. The predicted octanol–water partition coefficient (Wildman–Crippen LogP) is 3.74. The Morgan fingerprint density at radius 2 is 1.15 bits per heavy atom. The third-order valence-corrected chi connectivity index (χ3v) is 3.57. The van der Waals surface area contributed by atoms with Crippen LogP contribution in [0.4, 0.5) is 0 Å². The lowest BCUT2D eigenvalue weighted by Crippen LogP contribution is -2.17. The second kappa shape index (κ2) is 6.15. The Bertz CT molecular complexity index is 359. The standard InChI is InChI=1S/C16H28N2O2/c1-15(2)11-19-13(17-15)9-7-5-6-8-10-14-18-16(3,4)12-20-14/h5-12H2,1-4H3. The van der Waals surface area contributed by atoms with Gasteiger partial charge in [0.25, 0.3) is 0 Å². The monoisotopic (exact) mass is 280 g/mol. The summed E-state index contributed by atoms with van der Waals surface area (Å²) in [5.74, 6) is 1.89. The van der Waals surface area contributed by atoms with Crippen LogP contribution in [0.15, 0.2) is 9.98 Å². The molecule has 4 nitrogen and oxygen atoms in total. The van der Waals surface area contributed by atoms with Crippen LogP contribution in [-0.4, -0.2) is 36.1 Å². The van der Waals surface area contributed by atoms with Crippen LogP contribution in [0.2, 0.25) is 0 Å². The topological polar surface area (TPSA) is 43.2 Å². The van der Waals surface area contributed by atoms with Crippen LogP contribution in [0.1, 0.15) is 66.2 Å². The summed E-state index contributed by atoms with van der Waals surface area (Å²) in [6.07, 6.45) is 6.72. The molecule has 2 heterocycles. The van der Waals surface area contributed by atoms with Crippen LogP contribution in [0.3, 0.4) is 0 Å². The molecule has 0 amide bonds. The molecule has 0 aromatic rings. The second-order valence-electron chi connectivity index (χ2n) is 7.13. The van der Waals surface area contributed by atoms with Crippen molar-refractivity contribution < 1.29 is 9.47 Å². The van der Waals surface area contributed by atoms with Crippen molar-refractivity contribution in [2.24, 2.45) is 9.98 Å². The van der Waals surface area contributed by atoms with Gasteiger partial charge in [-0.05, 0) is 40.5 Å². The van der Waals surface area contributed by atoms with E-state index in [1.807, 2.05) is 0 Å². The van der Waals surface area contributed by atoms with Crippen LogP contribution >= 0.6 is 0 Å². The Labute approximate surface area is 122 Å². The van der Waals surface area contributed by atoms with Crippen molar-refractivity contribution >= 4 is 11.8 Å². The van der Waals surface area contributed by atoms with E-state index in [1.165, 1.54) is 12.8 Å². The van der Waals surface area contributed by atoms with Gasteiger partial charge in [0.2, 0.25) is 0 Å². The van der Waals surface area contributed by atoms with Crippen LogP contribution in [0.25, 0.3) is 0 Å². The number of hydrogen-bond acceptors (Lipinski definition) is 4. The predicted molar refractivity (Wildman–Crippen MR) is 82.6 cm³/mol. The van der Waals surface area contributed by atoms with Crippen LogP contribution < -0.4 is 0 Å². The highest BCUT2D eigenvalue weighted by atomic mass is 16.5. The minimum atomic E-state index is -0.0138. The zero-order valence-corrected chi connectivity index (χ0v) is 13.4. The third-order valence-electron chi connectivity index (χ3n) is 3.57. The van der Waals surface area contributed by atoms with Gasteiger partial charge in [0.05, 0.1) is 11.1 Å². The summed E-state index contributed by atoms with van der Waals surface area (Å²) in [6, 6.07) is 0. The maximum Gasteiger partial charge on any atom is 0.183 e. The number of hydrogen-bond donors (Lipinski definition) is 0. The van der Waals surface area contributed by atoms with Gasteiger partial charge in [0.1, 0.15) is 13.2 Å². The van der Waals surface area contributed by atoms with Gasteiger partial charge in [-0.1, -0.05) is 12.8 Å². The molecule has 0 saturated heterocycles. The van der Waals surface area contributed by atoms with Crippen molar-refractivity contribution in [1.82, 2.24) is 0 Å². The molecule has 2 aliphatic heterocycles. The molecule has 0 bridgehead atoms. The lowest BCUT2D eigenvalue weighted by molar-refractivity contribution is 0.272. The molecule has 114 valence electrons. The van der Waals surface area contributed by atoms with Crippen LogP contribution in [0.5, 0.6) is 0 Å². The van der Waals surface area contributed by atoms with Gasteiger partial charge in [-0.2, -0.15) is 0 Å². The van der Waals surface area contributed by atoms with Crippen molar-refractivity contribution in [3.63, 3.8) is 0 Å². The van der Waals surface area contributed by atoms with Gasteiger partial charge in [-0.3, -0.25) is 0 Å². The molecule has 0 spiro atoms. The van der Waals surface area contributed by atoms with E-state index in [0.717, 1.165) is 50.7 Å². The molecule has 0 saturated carbocycles. The number of nitrogens with zero attached hydrogens (tertiary/aromatic N) is 2. The summed E-state index contributed by atoms with van der Waals surface area (Å²) >= 11 is 0. The number of unbranched alkanes of at least 4 members (excludes halogenated alkanes) is 3. The van der Waals surface area contributed by atoms with E-state index in [4.69, 9.17) is 9.47 Å². The smallest absolute Gasteiger partial charge is 0.183 e. The molecule has 0 N–H and O–H groups in total. The fourth-order valence-corrected chi connectivity index (χ4v) is 2.49. The summed E-state index contributed by atoms with van der Waals surface area (Å²) in [4.78, 5) is 9.15. The van der Waals surface area contributed by atoms with E-state index < -0.39 is 0 Å². The van der Waals surface area contributed by atoms with E-state index in [9.17, 15) is 0 Å². The Balaban J connectivity index is 1.53. The second-order valence-corrected chi connectivity index (χ2v) is 7.13. The maximum absolute atomic E-state index is 5.59. The first-order valence-electron chi connectivity index (χ1n) is 7.79. The average molecular weight is 280 g/mol. The molecular formula is C16H28N2O2. The molecule has 0 radical (unpaired) electrons. The van der Waals surface area contributed by atoms with Crippen molar-refractivity contribution in [1.29, 1.82) is 0 Å². The van der Waals surface area contributed by atoms with E-state index in [2.05, 4.69) is 37.7 Å². The molecule has 0 aromatic heterocycles. The SMILES string of the molecule is CC1(C)COC(CCCCCCC2=NC(C)(C)CO2)=N1. The average Bonchev–Trinajstić information content (AvgIpc) is 2.86. The minimum Gasteiger partial charge on any atom is -0.478 e. The summed E-state index contributed by atoms with van der Waals surface area (Å²) in [5, 5.41) is 0. The highest BCUT2D eigenvalue weighted by Gasteiger charge is 2.26. The van der Waals surface area contributed by atoms with E-state index in [-0.39, 0.29) is 11.1 Å². The van der Waals surface area contributed by atoms with Crippen molar-refractivity contribution in [3.8, 4) is 0 Å². The normalized spacial score (nSPS) is 23.0. The highest BCUT2D eigenvalue weighted by Crippen LogP contribution is 2.21. The quantitative estimate of drug-likeness (QED) is 0.667. The molecule has 0 aliphatic carbocycles. The van der Waals surface area contributed by atoms with Gasteiger partial charge >= 0.3 is 0 Å². The number of aliphatic imine (C=N–C) groups is 2. The summed E-state index contributed by atoms with van der Waals surface area (Å²) in [7, 11) is 0. The first kappa shape index (κ1) is 15.3. The Kier molecular flexibility index (Phi) is 4.71. The Morgan fingerprint density at radius 1 is 0.750 bits per heavy atom. The van der Waals surface area contributed by atoms with E-state index >= 15 is 0 Å². The maximum atomic E-state index is 5.59. The Morgan fingerprint density at radius 3 is 1.45 bits per heavy atom. The summed E-state index contributed by atoms with van der Waals surface area (Å²) in [6.45, 7) is 9.92. The molecule has 0 unspecified atom stereocenters. The molecule has 4 heteroatoms. The molecule has 2 rings (SSSR count). The molecule has 20 heavy (non-hydrogen) atoms. The van der Waals surface area contributed by atoms with Crippen molar-refractivity contribution in [2.75, 3.05) is 13.2 Å². The van der Waals surface area contributed by atoms with Crippen molar-refractivity contribution in [3.05, 3.63) is 0 Å². The Hall–Kier alpha value is -1.06. The molecule has 2 aliphatic rings. The zero-order chi connectivity index (χ0) is 14.6. The van der Waals surface area contributed by atoms with Crippen LogP contribution in [-0.2, 0) is 9.47 Å². The fourth-order valence-electron chi connectivity index (χ4n) is 2.49. The molecule has 0 fully saturated rings. The minimum absolute atomic E-state index is 0.0138. The van der Waals surface area contributed by atoms with E-state index in [0.29, 0.717) is 0 Å². The summed E-state index contributed by atoms with van der Waals surface area (Å²) in [5.41, 5.74) is -0.0276. The van der Waals surface area contributed by atoms with E-state index in [1.54, 1.807) is 0 Å². The third kappa shape index (κ3) is 4.80. The van der Waals surface area contributed by atoms with Crippen molar-refractivity contribution in [2.45, 2.75) is 77.3 Å². The highest BCUT2D eigenvalue weighted by molar-refractivity contribution is 5.78. The molecule has 0 atom stereocenters. The largest absolute Gasteiger partial charge is 0.478 e. The van der Waals surface area contributed by atoms with Gasteiger partial charge < -0.3 is 9.47 Å². The molecule has 0 aromatic carbocycles. The first-order valence-corrected chi connectivity index (χ1v) is 7.79.